The number of likely N-dealkylation sites (tertiary alicyclic amines) is 1. The first kappa shape index (κ1) is 18.1. The van der Waals surface area contributed by atoms with Crippen LogP contribution in [0.1, 0.15) is 39.1 Å². The second-order valence-electron chi connectivity index (χ2n) is 6.37. The minimum atomic E-state index is -0.395. The smallest absolute Gasteiger partial charge is 0.254 e. The van der Waals surface area contributed by atoms with Gasteiger partial charge in [0.05, 0.1) is 11.5 Å². The van der Waals surface area contributed by atoms with Gasteiger partial charge in [-0.05, 0) is 43.2 Å². The van der Waals surface area contributed by atoms with Crippen molar-refractivity contribution in [3.8, 4) is 0 Å². The lowest BCUT2D eigenvalue weighted by atomic mass is 9.94. The first-order chi connectivity index (χ1) is 12.5. The summed E-state index contributed by atoms with van der Waals surface area (Å²) in [6, 6.07) is 13.3. The predicted octanol–water partition coefficient (Wildman–Crippen LogP) is 2.91. The van der Waals surface area contributed by atoms with Gasteiger partial charge in [0.25, 0.3) is 5.91 Å². The monoisotopic (exact) mass is 370 g/mol. The fourth-order valence-electron chi connectivity index (χ4n) is 3.19. The molecule has 0 aliphatic carbocycles. The van der Waals surface area contributed by atoms with Crippen molar-refractivity contribution in [2.45, 2.75) is 12.8 Å². The van der Waals surface area contributed by atoms with E-state index in [4.69, 9.17) is 17.3 Å². The van der Waals surface area contributed by atoms with Gasteiger partial charge in [0, 0.05) is 29.2 Å². The summed E-state index contributed by atoms with van der Waals surface area (Å²) in [6.45, 7) is 0.837. The molecule has 1 aliphatic rings. The number of carbonyl (C=O) groups is 3. The van der Waals surface area contributed by atoms with Crippen molar-refractivity contribution in [2.75, 3.05) is 13.1 Å². The summed E-state index contributed by atoms with van der Waals surface area (Å²) in [5.74, 6) is -1.23. The summed E-state index contributed by atoms with van der Waals surface area (Å²) in [6.07, 6.45) is 1.40. The first-order valence-corrected chi connectivity index (χ1v) is 8.83. The Morgan fingerprint density at radius 3 is 2.31 bits per heavy atom. The number of halogens is 1. The number of hydrogen-bond donors (Lipinski definition) is 1. The van der Waals surface area contributed by atoms with Gasteiger partial charge in [-0.15, -0.1) is 0 Å². The Balaban J connectivity index is 1.89. The topological polar surface area (TPSA) is 80.5 Å². The number of primary amides is 1. The van der Waals surface area contributed by atoms with Gasteiger partial charge in [-0.1, -0.05) is 29.8 Å². The third-order valence-electron chi connectivity index (χ3n) is 4.62. The zero-order chi connectivity index (χ0) is 18.7. The average Bonchev–Trinajstić information content (AvgIpc) is 2.67. The zero-order valence-electron chi connectivity index (χ0n) is 14.2. The van der Waals surface area contributed by atoms with Crippen molar-refractivity contribution in [1.29, 1.82) is 0 Å². The second kappa shape index (κ2) is 7.70. The highest BCUT2D eigenvalue weighted by molar-refractivity contribution is 6.30. The molecule has 2 aromatic carbocycles. The highest BCUT2D eigenvalue weighted by Crippen LogP contribution is 2.22. The van der Waals surface area contributed by atoms with E-state index in [0.717, 1.165) is 0 Å². The number of amides is 2. The molecule has 0 aromatic heterocycles. The number of carbonyl (C=O) groups excluding carboxylic acids is 3. The van der Waals surface area contributed by atoms with Gasteiger partial charge in [-0.2, -0.15) is 0 Å². The van der Waals surface area contributed by atoms with Crippen LogP contribution >= 0.6 is 11.6 Å². The minimum absolute atomic E-state index is 0.242. The van der Waals surface area contributed by atoms with Crippen molar-refractivity contribution in [2.24, 2.45) is 11.7 Å². The maximum absolute atomic E-state index is 13.0. The molecule has 1 heterocycles. The molecule has 1 fully saturated rings. The van der Waals surface area contributed by atoms with Crippen LogP contribution in [-0.4, -0.2) is 35.6 Å². The molecule has 0 radical (unpaired) electrons. The van der Waals surface area contributed by atoms with E-state index in [1.165, 1.54) is 0 Å². The highest BCUT2D eigenvalue weighted by atomic mass is 35.5. The Morgan fingerprint density at radius 2 is 1.65 bits per heavy atom. The maximum atomic E-state index is 13.0. The fraction of sp³-hybridized carbons (Fsp3) is 0.250. The van der Waals surface area contributed by atoms with Crippen molar-refractivity contribution < 1.29 is 14.4 Å². The van der Waals surface area contributed by atoms with E-state index < -0.39 is 5.91 Å². The minimum Gasteiger partial charge on any atom is -0.369 e. The largest absolute Gasteiger partial charge is 0.369 e. The van der Waals surface area contributed by atoms with Crippen LogP contribution in [-0.2, 0) is 4.79 Å². The van der Waals surface area contributed by atoms with Crippen molar-refractivity contribution >= 4 is 29.2 Å². The normalized spacial score (nSPS) is 17.0. The van der Waals surface area contributed by atoms with Crippen LogP contribution in [0.25, 0.3) is 0 Å². The predicted molar refractivity (Wildman–Crippen MR) is 99.1 cm³/mol. The summed E-state index contributed by atoms with van der Waals surface area (Å²) < 4.78 is 0. The number of rotatable bonds is 4. The third-order valence-corrected chi connectivity index (χ3v) is 4.87. The molecule has 2 amide bonds. The van der Waals surface area contributed by atoms with Crippen molar-refractivity contribution in [3.63, 3.8) is 0 Å². The molecule has 3 rings (SSSR count). The molecule has 1 atom stereocenters. The van der Waals surface area contributed by atoms with E-state index in [2.05, 4.69) is 0 Å². The van der Waals surface area contributed by atoms with Crippen LogP contribution in [0.4, 0.5) is 0 Å². The van der Waals surface area contributed by atoms with E-state index in [1.807, 2.05) is 0 Å². The Bertz CT molecular complexity index is 848. The first-order valence-electron chi connectivity index (χ1n) is 8.45. The van der Waals surface area contributed by atoms with Gasteiger partial charge in [0.2, 0.25) is 5.91 Å². The maximum Gasteiger partial charge on any atom is 0.254 e. The van der Waals surface area contributed by atoms with Crippen molar-refractivity contribution in [1.82, 2.24) is 4.90 Å². The van der Waals surface area contributed by atoms with E-state index in [9.17, 15) is 14.4 Å². The Labute approximate surface area is 156 Å². The SMILES string of the molecule is NC(=O)C1CCCN(C(=O)c2ccccc2C(=O)c2ccc(Cl)cc2)C1. The Kier molecular flexibility index (Phi) is 5.38. The quantitative estimate of drug-likeness (QED) is 0.840. The van der Waals surface area contributed by atoms with Crippen LogP contribution in [0.5, 0.6) is 0 Å². The lowest BCUT2D eigenvalue weighted by molar-refractivity contribution is -0.123. The number of ketones is 1. The lowest BCUT2D eigenvalue weighted by Crippen LogP contribution is -2.44. The van der Waals surface area contributed by atoms with Crippen molar-refractivity contribution in [3.05, 3.63) is 70.2 Å². The van der Waals surface area contributed by atoms with Gasteiger partial charge in [-0.3, -0.25) is 14.4 Å². The van der Waals surface area contributed by atoms with E-state index >= 15 is 0 Å². The average molecular weight is 371 g/mol. The summed E-state index contributed by atoms with van der Waals surface area (Å²) in [7, 11) is 0. The van der Waals surface area contributed by atoms with Crippen LogP contribution < -0.4 is 5.73 Å². The van der Waals surface area contributed by atoms with Gasteiger partial charge in [0.15, 0.2) is 5.78 Å². The van der Waals surface area contributed by atoms with Gasteiger partial charge < -0.3 is 10.6 Å². The molecule has 1 saturated heterocycles. The molecule has 2 aromatic rings. The van der Waals surface area contributed by atoms with Gasteiger partial charge in [0.1, 0.15) is 0 Å². The molecule has 1 aliphatic heterocycles. The zero-order valence-corrected chi connectivity index (χ0v) is 14.9. The number of piperidine rings is 1. The summed E-state index contributed by atoms with van der Waals surface area (Å²) in [5, 5.41) is 0.539. The second-order valence-corrected chi connectivity index (χ2v) is 6.81. The number of hydrogen-bond acceptors (Lipinski definition) is 3. The van der Waals surface area contributed by atoms with Crippen LogP contribution in [0, 0.1) is 5.92 Å². The molecule has 1 unspecified atom stereocenters. The Morgan fingerprint density at radius 1 is 1.00 bits per heavy atom. The number of nitrogens with two attached hydrogens (primary N) is 1. The molecule has 0 bridgehead atoms. The molecule has 26 heavy (non-hydrogen) atoms. The molecule has 2 N–H and O–H groups in total. The van der Waals surface area contributed by atoms with Gasteiger partial charge in [-0.25, -0.2) is 0 Å². The van der Waals surface area contributed by atoms with E-state index in [0.29, 0.717) is 41.1 Å². The summed E-state index contributed by atoms with van der Waals surface area (Å²) >= 11 is 5.87. The molecule has 0 spiro atoms. The molecular weight excluding hydrogens is 352 g/mol. The van der Waals surface area contributed by atoms with Gasteiger partial charge >= 0.3 is 0 Å². The third kappa shape index (κ3) is 3.78. The van der Waals surface area contributed by atoms with Crippen LogP contribution in [0.15, 0.2) is 48.5 Å². The highest BCUT2D eigenvalue weighted by Gasteiger charge is 2.29. The fourth-order valence-corrected chi connectivity index (χ4v) is 3.31. The van der Waals surface area contributed by atoms with Crippen LogP contribution in [0.2, 0.25) is 5.02 Å². The summed E-state index contributed by atoms with van der Waals surface area (Å²) in [4.78, 5) is 38.9. The molecule has 6 heteroatoms. The summed E-state index contributed by atoms with van der Waals surface area (Å²) in [5.41, 5.74) is 6.52. The molecule has 134 valence electrons. The lowest BCUT2D eigenvalue weighted by Gasteiger charge is -2.31. The van der Waals surface area contributed by atoms with E-state index in [1.54, 1.807) is 53.4 Å². The van der Waals surface area contributed by atoms with Crippen LogP contribution in [0.3, 0.4) is 0 Å². The standard InChI is InChI=1S/C20H19ClN2O3/c21-15-9-7-13(8-10-15)18(24)16-5-1-2-6-17(16)20(26)23-11-3-4-14(12-23)19(22)25/h1-2,5-10,14H,3-4,11-12H2,(H2,22,25). The Hall–Kier alpha value is -2.66. The molecule has 0 saturated carbocycles. The number of nitrogens with zero attached hydrogens (tertiary/aromatic N) is 1. The molecular formula is C20H19ClN2O3. The number of benzene rings is 2. The van der Waals surface area contributed by atoms with E-state index in [-0.39, 0.29) is 24.2 Å². The molecule has 5 nitrogen and oxygen atoms in total.